The van der Waals surface area contributed by atoms with Crippen molar-refractivity contribution in [2.45, 2.75) is 26.3 Å². The number of anilines is 1. The van der Waals surface area contributed by atoms with Crippen molar-refractivity contribution in [2.75, 3.05) is 5.32 Å². The lowest BCUT2D eigenvalue weighted by Gasteiger charge is -2.18. The first kappa shape index (κ1) is 19.4. The molecule has 3 aromatic carbocycles. The fraction of sp³-hybridized carbons (Fsp3) is 0.167. The zero-order valence-corrected chi connectivity index (χ0v) is 16.2. The molecule has 1 amide bonds. The van der Waals surface area contributed by atoms with Crippen LogP contribution in [0.25, 0.3) is 16.8 Å². The Bertz CT molecular complexity index is 988. The lowest BCUT2D eigenvalue weighted by molar-refractivity contribution is -0.121. The fourth-order valence-corrected chi connectivity index (χ4v) is 2.93. The van der Waals surface area contributed by atoms with Crippen LogP contribution in [0.2, 0.25) is 0 Å². The van der Waals surface area contributed by atoms with Gasteiger partial charge in [0.05, 0.1) is 5.71 Å². The van der Waals surface area contributed by atoms with Gasteiger partial charge in [-0.3, -0.25) is 4.79 Å². The molecule has 0 aliphatic carbocycles. The summed E-state index contributed by atoms with van der Waals surface area (Å²) >= 11 is 0. The van der Waals surface area contributed by atoms with Crippen LogP contribution < -0.4 is 10.7 Å². The Kier molecular flexibility index (Phi) is 6.58. The van der Waals surface area contributed by atoms with Crippen LogP contribution in [0.1, 0.15) is 25.8 Å². The standard InChI is InChI=1S/C24H25N3O/c1-3-22(25-23-15-9-13-20-12-7-8-14-21(20)23)24(28)27-26-18(2)16-17-19-10-5-4-6-11-19/h4-17,22,25H,3H2,1-2H3,(H,27,28)/b17-16+,26-18+/t22-/m1/s1. The number of rotatable bonds is 7. The summed E-state index contributed by atoms with van der Waals surface area (Å²) in [7, 11) is 0. The summed E-state index contributed by atoms with van der Waals surface area (Å²) in [5.74, 6) is -0.150. The van der Waals surface area contributed by atoms with Gasteiger partial charge in [0.15, 0.2) is 0 Å². The molecule has 0 fully saturated rings. The molecule has 0 unspecified atom stereocenters. The van der Waals surface area contributed by atoms with Crippen LogP contribution in [0, 0.1) is 0 Å². The Morgan fingerprint density at radius 3 is 2.50 bits per heavy atom. The molecule has 3 aromatic rings. The minimum absolute atomic E-state index is 0.150. The second kappa shape index (κ2) is 9.51. The van der Waals surface area contributed by atoms with Gasteiger partial charge in [0, 0.05) is 11.1 Å². The molecular formula is C24H25N3O. The van der Waals surface area contributed by atoms with Crippen molar-refractivity contribution in [1.82, 2.24) is 5.43 Å². The highest BCUT2D eigenvalue weighted by molar-refractivity contribution is 5.98. The van der Waals surface area contributed by atoms with Crippen LogP contribution in [-0.4, -0.2) is 17.7 Å². The van der Waals surface area contributed by atoms with Crippen LogP contribution in [0.4, 0.5) is 5.69 Å². The minimum atomic E-state index is -0.361. The summed E-state index contributed by atoms with van der Waals surface area (Å²) < 4.78 is 0. The number of allylic oxidation sites excluding steroid dienone is 1. The smallest absolute Gasteiger partial charge is 0.262 e. The molecular weight excluding hydrogens is 346 g/mol. The molecule has 3 rings (SSSR count). The van der Waals surface area contributed by atoms with E-state index in [1.54, 1.807) is 0 Å². The molecule has 142 valence electrons. The largest absolute Gasteiger partial charge is 0.373 e. The Balaban J connectivity index is 1.65. The highest BCUT2D eigenvalue weighted by atomic mass is 16.2. The summed E-state index contributed by atoms with van der Waals surface area (Å²) in [6.07, 6.45) is 4.51. The maximum atomic E-state index is 12.6. The van der Waals surface area contributed by atoms with E-state index >= 15 is 0 Å². The first-order valence-electron chi connectivity index (χ1n) is 9.49. The lowest BCUT2D eigenvalue weighted by Crippen LogP contribution is -2.37. The number of nitrogens with zero attached hydrogens (tertiary/aromatic N) is 1. The van der Waals surface area contributed by atoms with E-state index in [4.69, 9.17) is 0 Å². The first-order chi connectivity index (χ1) is 13.7. The van der Waals surface area contributed by atoms with Gasteiger partial charge < -0.3 is 5.32 Å². The van der Waals surface area contributed by atoms with E-state index in [9.17, 15) is 4.79 Å². The van der Waals surface area contributed by atoms with Gasteiger partial charge in [-0.25, -0.2) is 5.43 Å². The Morgan fingerprint density at radius 1 is 1.00 bits per heavy atom. The van der Waals surface area contributed by atoms with E-state index < -0.39 is 0 Å². The van der Waals surface area contributed by atoms with Gasteiger partial charge in [-0.1, -0.05) is 79.7 Å². The molecule has 0 heterocycles. The molecule has 0 radical (unpaired) electrons. The zero-order chi connectivity index (χ0) is 19.8. The average Bonchev–Trinajstić information content (AvgIpc) is 2.75. The number of amides is 1. The summed E-state index contributed by atoms with van der Waals surface area (Å²) in [4.78, 5) is 12.6. The van der Waals surface area contributed by atoms with Crippen molar-refractivity contribution in [3.8, 4) is 0 Å². The van der Waals surface area contributed by atoms with Gasteiger partial charge in [0.1, 0.15) is 6.04 Å². The first-order valence-corrected chi connectivity index (χ1v) is 9.49. The number of benzene rings is 3. The highest BCUT2D eigenvalue weighted by Gasteiger charge is 2.16. The number of carbonyl (C=O) groups is 1. The van der Waals surface area contributed by atoms with Crippen molar-refractivity contribution >= 4 is 34.2 Å². The molecule has 0 aliphatic rings. The zero-order valence-electron chi connectivity index (χ0n) is 16.2. The van der Waals surface area contributed by atoms with Crippen molar-refractivity contribution in [3.05, 3.63) is 84.4 Å². The highest BCUT2D eigenvalue weighted by Crippen LogP contribution is 2.24. The minimum Gasteiger partial charge on any atom is -0.373 e. The van der Waals surface area contributed by atoms with Gasteiger partial charge in [-0.05, 0) is 36.4 Å². The second-order valence-electron chi connectivity index (χ2n) is 6.61. The van der Waals surface area contributed by atoms with E-state index in [2.05, 4.69) is 34.0 Å². The van der Waals surface area contributed by atoms with Crippen molar-refractivity contribution in [1.29, 1.82) is 0 Å². The molecule has 1 atom stereocenters. The quantitative estimate of drug-likeness (QED) is 0.441. The predicted octanol–water partition coefficient (Wildman–Crippen LogP) is 5.24. The number of hydrogen-bond donors (Lipinski definition) is 2. The third-order valence-electron chi connectivity index (χ3n) is 4.50. The van der Waals surface area contributed by atoms with Crippen LogP contribution in [0.3, 0.4) is 0 Å². The van der Waals surface area contributed by atoms with Crippen LogP contribution >= 0.6 is 0 Å². The fourth-order valence-electron chi connectivity index (χ4n) is 2.93. The molecule has 0 saturated carbocycles. The van der Waals surface area contributed by atoms with E-state index in [0.29, 0.717) is 6.42 Å². The van der Waals surface area contributed by atoms with Gasteiger partial charge in [0.25, 0.3) is 5.91 Å². The van der Waals surface area contributed by atoms with Gasteiger partial charge in [0.2, 0.25) is 0 Å². The normalized spacial score (nSPS) is 12.9. The maximum Gasteiger partial charge on any atom is 0.262 e. The number of hydrazone groups is 1. The Labute approximate surface area is 166 Å². The van der Waals surface area contributed by atoms with E-state index in [1.807, 2.05) is 80.6 Å². The molecule has 0 saturated heterocycles. The van der Waals surface area contributed by atoms with Crippen LogP contribution in [-0.2, 0) is 4.79 Å². The summed E-state index contributed by atoms with van der Waals surface area (Å²) in [6.45, 7) is 3.84. The van der Waals surface area contributed by atoms with Crippen LogP contribution in [0.15, 0.2) is 84.0 Å². The van der Waals surface area contributed by atoms with E-state index in [0.717, 1.165) is 27.7 Å². The molecule has 0 bridgehead atoms. The Morgan fingerprint density at radius 2 is 1.71 bits per heavy atom. The van der Waals surface area contributed by atoms with Crippen molar-refractivity contribution in [3.63, 3.8) is 0 Å². The third kappa shape index (κ3) is 5.07. The molecule has 4 nitrogen and oxygen atoms in total. The molecule has 0 aliphatic heterocycles. The monoisotopic (exact) mass is 371 g/mol. The SMILES string of the molecule is CC[C@@H](Nc1cccc2ccccc12)C(=O)N/N=C(C)/C=C/c1ccccc1. The predicted molar refractivity (Wildman–Crippen MR) is 118 cm³/mol. The van der Waals surface area contributed by atoms with Gasteiger partial charge in [-0.2, -0.15) is 5.10 Å². The molecule has 0 spiro atoms. The Hall–Kier alpha value is -3.40. The number of hydrogen-bond acceptors (Lipinski definition) is 3. The van der Waals surface area contributed by atoms with Gasteiger partial charge in [-0.15, -0.1) is 0 Å². The summed E-state index contributed by atoms with van der Waals surface area (Å²) in [6, 6.07) is 23.8. The molecule has 4 heteroatoms. The second-order valence-corrected chi connectivity index (χ2v) is 6.61. The van der Waals surface area contributed by atoms with Gasteiger partial charge >= 0.3 is 0 Å². The number of nitrogens with one attached hydrogen (secondary N) is 2. The lowest BCUT2D eigenvalue weighted by atomic mass is 10.1. The van der Waals surface area contributed by atoms with Crippen molar-refractivity contribution in [2.24, 2.45) is 5.10 Å². The summed E-state index contributed by atoms with van der Waals surface area (Å²) in [5, 5.41) is 9.80. The maximum absolute atomic E-state index is 12.6. The third-order valence-corrected chi connectivity index (χ3v) is 4.50. The average molecular weight is 371 g/mol. The summed E-state index contributed by atoms with van der Waals surface area (Å²) in [5.41, 5.74) is 5.45. The molecule has 2 N–H and O–H groups in total. The van der Waals surface area contributed by atoms with E-state index in [-0.39, 0.29) is 11.9 Å². The molecule has 0 aromatic heterocycles. The van der Waals surface area contributed by atoms with Crippen LogP contribution in [0.5, 0.6) is 0 Å². The number of fused-ring (bicyclic) bond motifs is 1. The molecule has 28 heavy (non-hydrogen) atoms. The topological polar surface area (TPSA) is 53.5 Å². The van der Waals surface area contributed by atoms with E-state index in [1.165, 1.54) is 0 Å². The van der Waals surface area contributed by atoms with Crippen molar-refractivity contribution < 1.29 is 4.79 Å². The number of carbonyl (C=O) groups excluding carboxylic acids is 1.